The number of carbonyl (C=O) groups excluding carboxylic acids is 2. The smallest absolute Gasteiger partial charge is 0.258 e. The fraction of sp³-hybridized carbons (Fsp3) is 0.556. The standard InChI is InChI=1S/C18H22N2O5/c1-11(21)20-7-14(12-2-3-12)15(8-20)19-18(22)9-23-13-4-5-16-17(6-13)25-10-24-16/h4-6,12,14-15H,2-3,7-10H2,1H3,(H,19,22). The molecule has 134 valence electrons. The molecule has 4 rings (SSSR count). The van der Waals surface area contributed by atoms with Crippen molar-refractivity contribution in [3.63, 3.8) is 0 Å². The summed E-state index contributed by atoms with van der Waals surface area (Å²) in [4.78, 5) is 25.7. The molecule has 0 bridgehead atoms. The van der Waals surface area contributed by atoms with E-state index in [1.54, 1.807) is 25.1 Å². The van der Waals surface area contributed by atoms with Crippen molar-refractivity contribution in [2.45, 2.75) is 25.8 Å². The van der Waals surface area contributed by atoms with Crippen LogP contribution in [0.5, 0.6) is 17.2 Å². The molecule has 0 radical (unpaired) electrons. The maximum absolute atomic E-state index is 12.3. The molecule has 2 heterocycles. The Hall–Kier alpha value is -2.44. The molecule has 2 amide bonds. The van der Waals surface area contributed by atoms with Gasteiger partial charge >= 0.3 is 0 Å². The molecule has 7 heteroatoms. The number of amides is 2. The van der Waals surface area contributed by atoms with Crippen LogP contribution in [-0.4, -0.2) is 49.2 Å². The number of hydrogen-bond acceptors (Lipinski definition) is 5. The molecule has 2 fully saturated rings. The summed E-state index contributed by atoms with van der Waals surface area (Å²) in [5.41, 5.74) is 0. The number of ether oxygens (including phenoxy) is 3. The lowest BCUT2D eigenvalue weighted by molar-refractivity contribution is -0.128. The molecule has 2 unspecified atom stereocenters. The SMILES string of the molecule is CC(=O)N1CC(NC(=O)COc2ccc3c(c2)OCO3)C(C2CC2)C1. The molecule has 3 aliphatic rings. The van der Waals surface area contributed by atoms with E-state index in [0.717, 1.165) is 6.54 Å². The highest BCUT2D eigenvalue weighted by Gasteiger charge is 2.43. The first kappa shape index (κ1) is 16.1. The number of benzene rings is 1. The fourth-order valence-electron chi connectivity index (χ4n) is 3.60. The Morgan fingerprint density at radius 1 is 1.24 bits per heavy atom. The van der Waals surface area contributed by atoms with Crippen molar-refractivity contribution in [1.29, 1.82) is 0 Å². The zero-order valence-corrected chi connectivity index (χ0v) is 14.2. The van der Waals surface area contributed by atoms with E-state index in [1.807, 2.05) is 4.90 Å². The van der Waals surface area contributed by atoms with E-state index in [1.165, 1.54) is 12.8 Å². The average molecular weight is 346 g/mol. The van der Waals surface area contributed by atoms with Gasteiger partial charge in [0.1, 0.15) is 5.75 Å². The molecular weight excluding hydrogens is 324 g/mol. The zero-order valence-electron chi connectivity index (χ0n) is 14.2. The third-order valence-electron chi connectivity index (χ3n) is 5.10. The van der Waals surface area contributed by atoms with Crippen molar-refractivity contribution in [2.75, 3.05) is 26.5 Å². The van der Waals surface area contributed by atoms with Gasteiger partial charge in [0.05, 0.1) is 6.04 Å². The molecule has 1 saturated heterocycles. The second kappa shape index (κ2) is 6.46. The summed E-state index contributed by atoms with van der Waals surface area (Å²) in [5, 5.41) is 3.04. The number of fused-ring (bicyclic) bond motifs is 1. The summed E-state index contributed by atoms with van der Waals surface area (Å²) in [7, 11) is 0. The third-order valence-corrected chi connectivity index (χ3v) is 5.10. The molecule has 1 aromatic carbocycles. The first-order valence-corrected chi connectivity index (χ1v) is 8.67. The summed E-state index contributed by atoms with van der Waals surface area (Å²) in [6.07, 6.45) is 2.38. The molecule has 1 aromatic rings. The van der Waals surface area contributed by atoms with Gasteiger partial charge in [-0.25, -0.2) is 0 Å². The van der Waals surface area contributed by atoms with E-state index in [0.29, 0.717) is 35.6 Å². The van der Waals surface area contributed by atoms with E-state index in [9.17, 15) is 9.59 Å². The van der Waals surface area contributed by atoms with E-state index in [2.05, 4.69) is 5.32 Å². The van der Waals surface area contributed by atoms with Crippen LogP contribution in [0.1, 0.15) is 19.8 Å². The van der Waals surface area contributed by atoms with E-state index < -0.39 is 0 Å². The lowest BCUT2D eigenvalue weighted by Crippen LogP contribution is -2.43. The third kappa shape index (κ3) is 3.50. The van der Waals surface area contributed by atoms with Crippen LogP contribution in [0.15, 0.2) is 18.2 Å². The minimum absolute atomic E-state index is 0.0178. The normalized spacial score (nSPS) is 24.3. The molecule has 1 saturated carbocycles. The van der Waals surface area contributed by atoms with Crippen LogP contribution in [-0.2, 0) is 9.59 Å². The minimum Gasteiger partial charge on any atom is -0.484 e. The first-order valence-electron chi connectivity index (χ1n) is 8.67. The molecule has 25 heavy (non-hydrogen) atoms. The zero-order chi connectivity index (χ0) is 17.4. The predicted octanol–water partition coefficient (Wildman–Crippen LogP) is 1.17. The highest BCUT2D eigenvalue weighted by molar-refractivity contribution is 5.78. The van der Waals surface area contributed by atoms with E-state index in [4.69, 9.17) is 14.2 Å². The molecular formula is C18H22N2O5. The minimum atomic E-state index is -0.168. The van der Waals surface area contributed by atoms with Crippen molar-refractivity contribution >= 4 is 11.8 Å². The van der Waals surface area contributed by atoms with Gasteiger partial charge in [0.25, 0.3) is 5.91 Å². The van der Waals surface area contributed by atoms with Crippen molar-refractivity contribution in [1.82, 2.24) is 10.2 Å². The van der Waals surface area contributed by atoms with Crippen molar-refractivity contribution in [3.8, 4) is 17.2 Å². The van der Waals surface area contributed by atoms with Gasteiger partial charge in [-0.05, 0) is 30.9 Å². The van der Waals surface area contributed by atoms with Gasteiger partial charge in [0.15, 0.2) is 18.1 Å². The van der Waals surface area contributed by atoms with E-state index in [-0.39, 0.29) is 31.3 Å². The number of likely N-dealkylation sites (tertiary alicyclic amines) is 1. The molecule has 7 nitrogen and oxygen atoms in total. The molecule has 2 aliphatic heterocycles. The van der Waals surface area contributed by atoms with Gasteiger partial charge in [0, 0.05) is 32.0 Å². The Bertz CT molecular complexity index is 688. The largest absolute Gasteiger partial charge is 0.484 e. The molecule has 1 aliphatic carbocycles. The van der Waals surface area contributed by atoms with Crippen molar-refractivity contribution in [2.24, 2.45) is 11.8 Å². The van der Waals surface area contributed by atoms with Gasteiger partial charge in [-0.15, -0.1) is 0 Å². The van der Waals surface area contributed by atoms with Crippen LogP contribution in [0.4, 0.5) is 0 Å². The lowest BCUT2D eigenvalue weighted by Gasteiger charge is -2.19. The van der Waals surface area contributed by atoms with Gasteiger partial charge in [-0.2, -0.15) is 0 Å². The number of nitrogens with one attached hydrogen (secondary N) is 1. The Kier molecular flexibility index (Phi) is 4.15. The van der Waals surface area contributed by atoms with Crippen LogP contribution in [0, 0.1) is 11.8 Å². The Morgan fingerprint density at radius 3 is 2.80 bits per heavy atom. The molecule has 1 N–H and O–H groups in total. The summed E-state index contributed by atoms with van der Waals surface area (Å²) < 4.78 is 16.1. The molecule has 0 aromatic heterocycles. The molecule has 2 atom stereocenters. The van der Waals surface area contributed by atoms with Crippen LogP contribution >= 0.6 is 0 Å². The van der Waals surface area contributed by atoms with Crippen LogP contribution < -0.4 is 19.5 Å². The summed E-state index contributed by atoms with van der Waals surface area (Å²) in [6.45, 7) is 3.06. The molecule has 0 spiro atoms. The van der Waals surface area contributed by atoms with E-state index >= 15 is 0 Å². The van der Waals surface area contributed by atoms with Crippen LogP contribution in [0.25, 0.3) is 0 Å². The number of rotatable bonds is 5. The Labute approximate surface area is 146 Å². The lowest BCUT2D eigenvalue weighted by atomic mass is 9.98. The highest BCUT2D eigenvalue weighted by Crippen LogP contribution is 2.41. The maximum atomic E-state index is 12.3. The number of carbonyl (C=O) groups is 2. The monoisotopic (exact) mass is 346 g/mol. The first-order chi connectivity index (χ1) is 12.1. The van der Waals surface area contributed by atoms with Crippen LogP contribution in [0.2, 0.25) is 0 Å². The van der Waals surface area contributed by atoms with Gasteiger partial charge in [0.2, 0.25) is 12.7 Å². The maximum Gasteiger partial charge on any atom is 0.258 e. The van der Waals surface area contributed by atoms with Gasteiger partial charge in [-0.3, -0.25) is 9.59 Å². The predicted molar refractivity (Wildman–Crippen MR) is 88.5 cm³/mol. The number of nitrogens with zero attached hydrogens (tertiary/aromatic N) is 1. The fourth-order valence-corrected chi connectivity index (χ4v) is 3.60. The van der Waals surface area contributed by atoms with Gasteiger partial charge < -0.3 is 24.4 Å². The number of hydrogen-bond donors (Lipinski definition) is 1. The second-order valence-electron chi connectivity index (χ2n) is 6.90. The topological polar surface area (TPSA) is 77.1 Å². The van der Waals surface area contributed by atoms with Crippen LogP contribution in [0.3, 0.4) is 0 Å². The summed E-state index contributed by atoms with van der Waals surface area (Å²) in [5.74, 6) is 2.76. The van der Waals surface area contributed by atoms with Crippen molar-refractivity contribution < 1.29 is 23.8 Å². The summed E-state index contributed by atoms with van der Waals surface area (Å²) in [6, 6.07) is 5.25. The average Bonchev–Trinajstić information content (AvgIpc) is 3.17. The highest BCUT2D eigenvalue weighted by atomic mass is 16.7. The van der Waals surface area contributed by atoms with Crippen molar-refractivity contribution in [3.05, 3.63) is 18.2 Å². The Morgan fingerprint density at radius 2 is 2.04 bits per heavy atom. The summed E-state index contributed by atoms with van der Waals surface area (Å²) >= 11 is 0. The van der Waals surface area contributed by atoms with Gasteiger partial charge in [-0.1, -0.05) is 0 Å². The quantitative estimate of drug-likeness (QED) is 0.866. The second-order valence-corrected chi connectivity index (χ2v) is 6.90. The Balaban J connectivity index is 1.31.